The van der Waals surface area contributed by atoms with Crippen LogP contribution < -0.4 is 5.32 Å². The molecule has 4 heteroatoms. The van der Waals surface area contributed by atoms with E-state index in [4.69, 9.17) is 4.42 Å². The van der Waals surface area contributed by atoms with E-state index in [2.05, 4.69) is 53.8 Å². The quantitative estimate of drug-likeness (QED) is 0.375. The summed E-state index contributed by atoms with van der Waals surface area (Å²) in [6.45, 7) is 2.61. The normalized spacial score (nSPS) is 10.9. The predicted octanol–water partition coefficient (Wildman–Crippen LogP) is 6.15. The van der Waals surface area contributed by atoms with Gasteiger partial charge in [0.05, 0.1) is 0 Å². The number of benzene rings is 3. The number of carboxylic acids is 1. The molecule has 0 saturated heterocycles. The SMILES string of the molecule is Cc1c(C(=O)O)oc2ccc(NCCCc3cccc(-c4ccccc4)c3)cc12. The highest BCUT2D eigenvalue weighted by atomic mass is 16.4. The molecule has 0 aliphatic heterocycles. The van der Waals surface area contributed by atoms with Crippen molar-refractivity contribution in [2.45, 2.75) is 19.8 Å². The fraction of sp³-hybridized carbons (Fsp3) is 0.160. The molecule has 4 aromatic rings. The molecule has 3 aromatic carbocycles. The minimum absolute atomic E-state index is 0.00967. The Morgan fingerprint density at radius 3 is 2.55 bits per heavy atom. The molecular formula is C25H23NO3. The number of fused-ring (bicyclic) bond motifs is 1. The number of hydrogen-bond donors (Lipinski definition) is 2. The van der Waals surface area contributed by atoms with Crippen LogP contribution in [-0.2, 0) is 6.42 Å². The average Bonchev–Trinajstić information content (AvgIpc) is 3.08. The monoisotopic (exact) mass is 385 g/mol. The molecule has 4 nitrogen and oxygen atoms in total. The number of hydrogen-bond acceptors (Lipinski definition) is 3. The molecule has 0 bridgehead atoms. The van der Waals surface area contributed by atoms with Gasteiger partial charge in [0.1, 0.15) is 5.58 Å². The summed E-state index contributed by atoms with van der Waals surface area (Å²) in [4.78, 5) is 11.2. The number of nitrogens with one attached hydrogen (secondary N) is 1. The Labute approximate surface area is 169 Å². The Morgan fingerprint density at radius 1 is 0.966 bits per heavy atom. The van der Waals surface area contributed by atoms with Crippen molar-refractivity contribution in [3.63, 3.8) is 0 Å². The van der Waals surface area contributed by atoms with E-state index in [1.165, 1.54) is 16.7 Å². The van der Waals surface area contributed by atoms with E-state index in [9.17, 15) is 9.90 Å². The van der Waals surface area contributed by atoms with E-state index in [-0.39, 0.29) is 5.76 Å². The van der Waals surface area contributed by atoms with Gasteiger partial charge in [-0.15, -0.1) is 0 Å². The van der Waals surface area contributed by atoms with Crippen LogP contribution in [0.5, 0.6) is 0 Å². The van der Waals surface area contributed by atoms with Crippen LogP contribution in [0.1, 0.15) is 28.1 Å². The van der Waals surface area contributed by atoms with Crippen LogP contribution in [0.25, 0.3) is 22.1 Å². The van der Waals surface area contributed by atoms with Gasteiger partial charge in [-0.2, -0.15) is 0 Å². The highest BCUT2D eigenvalue weighted by molar-refractivity contribution is 5.95. The molecule has 0 aliphatic rings. The molecule has 0 fully saturated rings. The first-order valence-electron chi connectivity index (χ1n) is 9.76. The maximum atomic E-state index is 11.2. The van der Waals surface area contributed by atoms with Crippen molar-refractivity contribution in [2.75, 3.05) is 11.9 Å². The van der Waals surface area contributed by atoms with Gasteiger partial charge in [0.15, 0.2) is 0 Å². The Morgan fingerprint density at radius 2 is 1.76 bits per heavy atom. The lowest BCUT2D eigenvalue weighted by Crippen LogP contribution is -2.03. The standard InChI is InChI=1S/C25H23NO3/c1-17-22-16-21(12-13-23(22)29-24(17)25(27)28)26-14-6-8-18-7-5-11-20(15-18)19-9-3-2-4-10-19/h2-5,7,9-13,15-16,26H,6,8,14H2,1H3,(H,27,28). The second kappa shape index (κ2) is 8.23. The maximum Gasteiger partial charge on any atom is 0.372 e. The maximum absolute atomic E-state index is 11.2. The van der Waals surface area contributed by atoms with Gasteiger partial charge < -0.3 is 14.8 Å². The molecule has 0 unspecified atom stereocenters. The zero-order valence-corrected chi connectivity index (χ0v) is 16.3. The molecular weight excluding hydrogens is 362 g/mol. The Balaban J connectivity index is 1.37. The summed E-state index contributed by atoms with van der Waals surface area (Å²) in [5.41, 5.74) is 6.02. The molecule has 0 radical (unpaired) electrons. The first kappa shape index (κ1) is 18.8. The predicted molar refractivity (Wildman–Crippen MR) is 117 cm³/mol. The third-order valence-corrected chi connectivity index (χ3v) is 5.14. The first-order chi connectivity index (χ1) is 14.1. The number of rotatable bonds is 7. The highest BCUT2D eigenvalue weighted by Crippen LogP contribution is 2.28. The van der Waals surface area contributed by atoms with E-state index in [1.807, 2.05) is 24.3 Å². The Bertz CT molecular complexity index is 1150. The number of furan rings is 1. The van der Waals surface area contributed by atoms with Crippen molar-refractivity contribution in [2.24, 2.45) is 0 Å². The zero-order valence-electron chi connectivity index (χ0n) is 16.3. The van der Waals surface area contributed by atoms with Gasteiger partial charge in [-0.1, -0.05) is 54.6 Å². The third-order valence-electron chi connectivity index (χ3n) is 5.14. The summed E-state index contributed by atoms with van der Waals surface area (Å²) in [6.07, 6.45) is 1.99. The Kier molecular flexibility index (Phi) is 5.34. The molecule has 0 atom stereocenters. The second-order valence-corrected chi connectivity index (χ2v) is 7.17. The van der Waals surface area contributed by atoms with Crippen molar-refractivity contribution in [1.82, 2.24) is 0 Å². The number of carboxylic acid groups (broad SMARTS) is 1. The second-order valence-electron chi connectivity index (χ2n) is 7.17. The van der Waals surface area contributed by atoms with Crippen LogP contribution in [0.15, 0.2) is 77.2 Å². The molecule has 0 aliphatic carbocycles. The van der Waals surface area contributed by atoms with Crippen LogP contribution in [0, 0.1) is 6.92 Å². The summed E-state index contributed by atoms with van der Waals surface area (Å²) < 4.78 is 5.42. The molecule has 2 N–H and O–H groups in total. The van der Waals surface area contributed by atoms with Gasteiger partial charge in [0.2, 0.25) is 5.76 Å². The van der Waals surface area contributed by atoms with Gasteiger partial charge in [0.25, 0.3) is 0 Å². The van der Waals surface area contributed by atoms with Crippen molar-refractivity contribution in [3.05, 3.63) is 89.7 Å². The van der Waals surface area contributed by atoms with E-state index in [0.717, 1.165) is 30.5 Å². The fourth-order valence-corrected chi connectivity index (χ4v) is 3.60. The van der Waals surface area contributed by atoms with E-state index < -0.39 is 5.97 Å². The third kappa shape index (κ3) is 4.16. The van der Waals surface area contributed by atoms with Gasteiger partial charge in [-0.25, -0.2) is 4.79 Å². The lowest BCUT2D eigenvalue weighted by atomic mass is 10.0. The van der Waals surface area contributed by atoms with Crippen molar-refractivity contribution in [1.29, 1.82) is 0 Å². The molecule has 1 heterocycles. The first-order valence-corrected chi connectivity index (χ1v) is 9.76. The van der Waals surface area contributed by atoms with E-state index in [0.29, 0.717) is 11.1 Å². The van der Waals surface area contributed by atoms with Gasteiger partial charge in [-0.3, -0.25) is 0 Å². The number of anilines is 1. The summed E-state index contributed by atoms with van der Waals surface area (Å²) in [5.74, 6) is -1.03. The van der Waals surface area contributed by atoms with Crippen LogP contribution in [0.4, 0.5) is 5.69 Å². The number of aromatic carboxylic acids is 1. The topological polar surface area (TPSA) is 62.5 Å². The summed E-state index contributed by atoms with van der Waals surface area (Å²) in [6, 6.07) is 24.8. The summed E-state index contributed by atoms with van der Waals surface area (Å²) in [5, 5.41) is 13.5. The highest BCUT2D eigenvalue weighted by Gasteiger charge is 2.16. The fourth-order valence-electron chi connectivity index (χ4n) is 3.60. The van der Waals surface area contributed by atoms with Crippen molar-refractivity contribution >= 4 is 22.6 Å². The van der Waals surface area contributed by atoms with E-state index >= 15 is 0 Å². The molecule has 146 valence electrons. The van der Waals surface area contributed by atoms with Crippen molar-refractivity contribution < 1.29 is 14.3 Å². The number of carbonyl (C=O) groups is 1. The minimum Gasteiger partial charge on any atom is -0.475 e. The van der Waals surface area contributed by atoms with Crippen LogP contribution >= 0.6 is 0 Å². The average molecular weight is 385 g/mol. The van der Waals surface area contributed by atoms with Gasteiger partial charge in [0, 0.05) is 23.2 Å². The summed E-state index contributed by atoms with van der Waals surface area (Å²) >= 11 is 0. The molecule has 0 saturated carbocycles. The number of aryl methyl sites for hydroxylation is 2. The smallest absolute Gasteiger partial charge is 0.372 e. The van der Waals surface area contributed by atoms with Crippen LogP contribution in [0.2, 0.25) is 0 Å². The lowest BCUT2D eigenvalue weighted by molar-refractivity contribution is 0.0664. The minimum atomic E-state index is -1.04. The van der Waals surface area contributed by atoms with Crippen LogP contribution in [0.3, 0.4) is 0 Å². The van der Waals surface area contributed by atoms with E-state index in [1.54, 1.807) is 6.92 Å². The Hall–Kier alpha value is -3.53. The molecule has 1 aromatic heterocycles. The zero-order chi connectivity index (χ0) is 20.2. The lowest BCUT2D eigenvalue weighted by Gasteiger charge is -2.08. The molecule has 0 spiro atoms. The molecule has 29 heavy (non-hydrogen) atoms. The van der Waals surface area contributed by atoms with Crippen molar-refractivity contribution in [3.8, 4) is 11.1 Å². The van der Waals surface area contributed by atoms with Gasteiger partial charge in [-0.05, 0) is 54.7 Å². The molecule has 0 amide bonds. The largest absolute Gasteiger partial charge is 0.475 e. The summed E-state index contributed by atoms with van der Waals surface area (Å²) in [7, 11) is 0. The van der Waals surface area contributed by atoms with Gasteiger partial charge >= 0.3 is 5.97 Å². The molecule has 4 rings (SSSR count). The van der Waals surface area contributed by atoms with Crippen LogP contribution in [-0.4, -0.2) is 17.6 Å².